The number of nitrogens with two attached hydrogens (primary N) is 1. The van der Waals surface area contributed by atoms with Crippen molar-refractivity contribution >= 4 is 30.5 Å². The van der Waals surface area contributed by atoms with Crippen LogP contribution in [0.5, 0.6) is 0 Å². The SMILES string of the molecule is Cl.NCC(O)CNC(=O)C[C@H](CCCCN(Cc1ccccc1)C(=O)O)NC(=O)OCc1ccccc1. The van der Waals surface area contributed by atoms with Crippen molar-refractivity contribution in [2.24, 2.45) is 5.73 Å². The Bertz CT molecular complexity index is 935. The van der Waals surface area contributed by atoms with E-state index >= 15 is 0 Å². The van der Waals surface area contributed by atoms with Crippen LogP contribution in [0.25, 0.3) is 0 Å². The Kier molecular flexibility index (Phi) is 15.4. The minimum absolute atomic E-state index is 0. The zero-order chi connectivity index (χ0) is 26.2. The van der Waals surface area contributed by atoms with E-state index in [1.807, 2.05) is 60.7 Å². The minimum atomic E-state index is -1.00. The van der Waals surface area contributed by atoms with Crippen LogP contribution in [0.4, 0.5) is 9.59 Å². The lowest BCUT2D eigenvalue weighted by molar-refractivity contribution is -0.122. The molecule has 0 saturated heterocycles. The predicted molar refractivity (Wildman–Crippen MR) is 142 cm³/mol. The van der Waals surface area contributed by atoms with Gasteiger partial charge in [0.15, 0.2) is 0 Å². The third-order valence-corrected chi connectivity index (χ3v) is 5.49. The van der Waals surface area contributed by atoms with E-state index < -0.39 is 24.3 Å². The first kappa shape index (κ1) is 31.7. The van der Waals surface area contributed by atoms with E-state index in [0.29, 0.717) is 25.8 Å². The molecule has 6 N–H and O–H groups in total. The molecule has 0 fully saturated rings. The monoisotopic (exact) mass is 536 g/mol. The molecule has 0 aliphatic carbocycles. The summed E-state index contributed by atoms with van der Waals surface area (Å²) in [6, 6.07) is 18.1. The number of unbranched alkanes of at least 4 members (excludes halogenated alkanes) is 1. The van der Waals surface area contributed by atoms with Crippen molar-refractivity contribution < 1.29 is 29.3 Å². The summed E-state index contributed by atoms with van der Waals surface area (Å²) in [6.45, 7) is 0.756. The van der Waals surface area contributed by atoms with Gasteiger partial charge in [0, 0.05) is 38.6 Å². The molecule has 1 unspecified atom stereocenters. The molecule has 2 aromatic carbocycles. The molecule has 0 heterocycles. The number of carbonyl (C=O) groups is 3. The number of hydrogen-bond donors (Lipinski definition) is 5. The highest BCUT2D eigenvalue weighted by Crippen LogP contribution is 2.10. The Morgan fingerprint density at radius 1 is 0.973 bits per heavy atom. The molecule has 37 heavy (non-hydrogen) atoms. The summed E-state index contributed by atoms with van der Waals surface area (Å²) in [6.07, 6.45) is -0.907. The molecule has 2 rings (SSSR count). The molecule has 0 spiro atoms. The summed E-state index contributed by atoms with van der Waals surface area (Å²) >= 11 is 0. The topological polar surface area (TPSA) is 154 Å². The maximum Gasteiger partial charge on any atom is 0.407 e. The number of amides is 3. The quantitative estimate of drug-likeness (QED) is 0.219. The largest absolute Gasteiger partial charge is 0.465 e. The van der Waals surface area contributed by atoms with Crippen LogP contribution in [0.15, 0.2) is 60.7 Å². The van der Waals surface area contributed by atoms with Crippen LogP contribution >= 0.6 is 12.4 Å². The van der Waals surface area contributed by atoms with E-state index in [1.54, 1.807) is 0 Å². The third kappa shape index (κ3) is 13.5. The lowest BCUT2D eigenvalue weighted by Crippen LogP contribution is -2.42. The second-order valence-corrected chi connectivity index (χ2v) is 8.49. The zero-order valence-electron chi connectivity index (χ0n) is 20.8. The maximum absolute atomic E-state index is 12.3. The smallest absolute Gasteiger partial charge is 0.407 e. The van der Waals surface area contributed by atoms with Crippen molar-refractivity contribution in [3.63, 3.8) is 0 Å². The Balaban J connectivity index is 0.00000684. The fraction of sp³-hybridized carbons (Fsp3) is 0.423. The average molecular weight is 537 g/mol. The van der Waals surface area contributed by atoms with Crippen LogP contribution in [0.2, 0.25) is 0 Å². The summed E-state index contributed by atoms with van der Waals surface area (Å²) in [5.74, 6) is -0.341. The molecule has 11 heteroatoms. The molecule has 0 aliphatic rings. The second kappa shape index (κ2) is 18.0. The van der Waals surface area contributed by atoms with Crippen molar-refractivity contribution in [1.82, 2.24) is 15.5 Å². The van der Waals surface area contributed by atoms with E-state index in [0.717, 1.165) is 11.1 Å². The van der Waals surface area contributed by atoms with Crippen molar-refractivity contribution in [3.05, 3.63) is 71.8 Å². The number of hydrogen-bond acceptors (Lipinski definition) is 6. The number of aliphatic hydroxyl groups excluding tert-OH is 1. The molecule has 2 aromatic rings. The molecule has 0 aliphatic heterocycles. The summed E-state index contributed by atoms with van der Waals surface area (Å²) in [5.41, 5.74) is 7.10. The molecule has 204 valence electrons. The van der Waals surface area contributed by atoms with Gasteiger partial charge in [-0.3, -0.25) is 4.79 Å². The number of carboxylic acid groups (broad SMARTS) is 1. The summed E-state index contributed by atoms with van der Waals surface area (Å²) in [4.78, 5) is 37.6. The number of benzene rings is 2. The Morgan fingerprint density at radius 3 is 2.19 bits per heavy atom. The normalized spacial score (nSPS) is 11.9. The highest BCUT2D eigenvalue weighted by atomic mass is 35.5. The molecule has 0 saturated carbocycles. The first-order valence-corrected chi connectivity index (χ1v) is 12.0. The lowest BCUT2D eigenvalue weighted by atomic mass is 10.1. The number of nitrogens with one attached hydrogen (secondary N) is 2. The fourth-order valence-electron chi connectivity index (χ4n) is 3.51. The van der Waals surface area contributed by atoms with Gasteiger partial charge in [0.25, 0.3) is 0 Å². The second-order valence-electron chi connectivity index (χ2n) is 8.49. The van der Waals surface area contributed by atoms with Gasteiger partial charge in [0.1, 0.15) is 6.61 Å². The first-order chi connectivity index (χ1) is 17.4. The van der Waals surface area contributed by atoms with Gasteiger partial charge in [-0.15, -0.1) is 12.4 Å². The van der Waals surface area contributed by atoms with Gasteiger partial charge in [-0.1, -0.05) is 60.7 Å². The van der Waals surface area contributed by atoms with Crippen LogP contribution in [-0.2, 0) is 22.7 Å². The fourth-order valence-corrected chi connectivity index (χ4v) is 3.51. The summed E-state index contributed by atoms with van der Waals surface area (Å²) < 4.78 is 5.27. The molecule has 0 bridgehead atoms. The summed E-state index contributed by atoms with van der Waals surface area (Å²) in [7, 11) is 0. The molecule has 10 nitrogen and oxygen atoms in total. The van der Waals surface area contributed by atoms with E-state index in [1.165, 1.54) is 4.90 Å². The van der Waals surface area contributed by atoms with Gasteiger partial charge in [0.2, 0.25) is 5.91 Å². The maximum atomic E-state index is 12.3. The number of aliphatic hydroxyl groups is 1. The van der Waals surface area contributed by atoms with Crippen molar-refractivity contribution in [3.8, 4) is 0 Å². The number of carbonyl (C=O) groups excluding carboxylic acids is 2. The molecular formula is C26H37ClN4O6. The van der Waals surface area contributed by atoms with Crippen LogP contribution in [-0.4, -0.2) is 65.0 Å². The number of rotatable bonds is 15. The minimum Gasteiger partial charge on any atom is -0.465 e. The molecular weight excluding hydrogens is 500 g/mol. The molecule has 2 atom stereocenters. The molecule has 3 amide bonds. The van der Waals surface area contributed by atoms with Gasteiger partial charge >= 0.3 is 12.2 Å². The Labute approximate surface area is 223 Å². The van der Waals surface area contributed by atoms with Crippen molar-refractivity contribution in [1.29, 1.82) is 0 Å². The van der Waals surface area contributed by atoms with E-state index in [4.69, 9.17) is 10.5 Å². The van der Waals surface area contributed by atoms with Crippen LogP contribution in [0, 0.1) is 0 Å². The van der Waals surface area contributed by atoms with Crippen LogP contribution in [0.3, 0.4) is 0 Å². The number of nitrogens with zero attached hydrogens (tertiary/aromatic N) is 1. The average Bonchev–Trinajstić information content (AvgIpc) is 2.88. The van der Waals surface area contributed by atoms with E-state index in [2.05, 4.69) is 10.6 Å². The standard InChI is InChI=1S/C26H36N4O6.ClH/c27-16-23(31)17-28-24(32)15-22(29-25(33)36-19-21-11-5-2-6-12-21)13-7-8-14-30(26(34)35)18-20-9-3-1-4-10-20;/h1-6,9-12,22-23,31H,7-8,13-19,27H2,(H,28,32)(H,29,33)(H,34,35);1H/t22-,23?;/m0./s1. The Morgan fingerprint density at radius 2 is 1.59 bits per heavy atom. The van der Waals surface area contributed by atoms with Gasteiger partial charge in [-0.05, 0) is 30.4 Å². The lowest BCUT2D eigenvalue weighted by Gasteiger charge is -2.21. The van der Waals surface area contributed by atoms with Crippen molar-refractivity contribution in [2.45, 2.75) is 51.0 Å². The molecule has 0 radical (unpaired) electrons. The van der Waals surface area contributed by atoms with E-state index in [9.17, 15) is 24.6 Å². The van der Waals surface area contributed by atoms with Crippen molar-refractivity contribution in [2.75, 3.05) is 19.6 Å². The summed E-state index contributed by atoms with van der Waals surface area (Å²) in [5, 5.41) is 24.4. The van der Waals surface area contributed by atoms with Gasteiger partial charge < -0.3 is 36.2 Å². The zero-order valence-corrected chi connectivity index (χ0v) is 21.6. The van der Waals surface area contributed by atoms with Crippen LogP contribution < -0.4 is 16.4 Å². The van der Waals surface area contributed by atoms with Crippen LogP contribution in [0.1, 0.15) is 36.8 Å². The third-order valence-electron chi connectivity index (χ3n) is 5.49. The first-order valence-electron chi connectivity index (χ1n) is 12.0. The van der Waals surface area contributed by atoms with Gasteiger partial charge in [0.05, 0.1) is 6.10 Å². The highest BCUT2D eigenvalue weighted by molar-refractivity contribution is 5.85. The highest BCUT2D eigenvalue weighted by Gasteiger charge is 2.19. The van der Waals surface area contributed by atoms with Gasteiger partial charge in [-0.25, -0.2) is 9.59 Å². The number of alkyl carbamates (subject to hydrolysis) is 1. The number of ether oxygens (including phenoxy) is 1. The number of halogens is 1. The molecule has 0 aromatic heterocycles. The van der Waals surface area contributed by atoms with Gasteiger partial charge in [-0.2, -0.15) is 0 Å². The predicted octanol–water partition coefficient (Wildman–Crippen LogP) is 2.88. The van der Waals surface area contributed by atoms with E-state index in [-0.39, 0.29) is 51.0 Å². The Hall–Kier alpha value is -3.34.